The van der Waals surface area contributed by atoms with Crippen molar-refractivity contribution in [3.63, 3.8) is 0 Å². The first-order valence-corrected chi connectivity index (χ1v) is 9.84. The van der Waals surface area contributed by atoms with Gasteiger partial charge in [-0.15, -0.1) is 10.2 Å². The van der Waals surface area contributed by atoms with Crippen LogP contribution in [0.2, 0.25) is 0 Å². The summed E-state index contributed by atoms with van der Waals surface area (Å²) in [6.07, 6.45) is 0.558. The highest BCUT2D eigenvalue weighted by Crippen LogP contribution is 2.27. The molecular formula is C15H20N4O4S2. The van der Waals surface area contributed by atoms with Crippen LogP contribution >= 0.6 is 11.3 Å². The SMILES string of the molecule is CCC(NS(=O)(=O)c1nnc(NC(C)=O)s1)c1ccc(OC)c(C)c1. The molecule has 10 heteroatoms. The maximum absolute atomic E-state index is 12.5. The largest absolute Gasteiger partial charge is 0.496 e. The lowest BCUT2D eigenvalue weighted by Crippen LogP contribution is -2.28. The van der Waals surface area contributed by atoms with E-state index in [-0.39, 0.29) is 15.4 Å². The van der Waals surface area contributed by atoms with Crippen molar-refractivity contribution in [2.45, 2.75) is 37.6 Å². The number of carbonyl (C=O) groups excluding carboxylic acids is 1. The molecule has 1 heterocycles. The number of methoxy groups -OCH3 is 1. The van der Waals surface area contributed by atoms with E-state index in [1.165, 1.54) is 6.92 Å². The summed E-state index contributed by atoms with van der Waals surface area (Å²) >= 11 is 0.800. The first-order valence-electron chi connectivity index (χ1n) is 7.54. The summed E-state index contributed by atoms with van der Waals surface area (Å²) in [6.45, 7) is 5.09. The monoisotopic (exact) mass is 384 g/mol. The van der Waals surface area contributed by atoms with Crippen molar-refractivity contribution in [1.82, 2.24) is 14.9 Å². The molecule has 8 nitrogen and oxygen atoms in total. The fourth-order valence-electron chi connectivity index (χ4n) is 2.26. The first kappa shape index (κ1) is 19.3. The second-order valence-corrected chi connectivity index (χ2v) is 8.23. The molecule has 0 spiro atoms. The molecule has 1 unspecified atom stereocenters. The zero-order valence-electron chi connectivity index (χ0n) is 14.4. The van der Waals surface area contributed by atoms with Crippen LogP contribution in [-0.4, -0.2) is 31.6 Å². The number of nitrogens with one attached hydrogen (secondary N) is 2. The van der Waals surface area contributed by atoms with Crippen LogP contribution in [0.4, 0.5) is 5.13 Å². The summed E-state index contributed by atoms with van der Waals surface area (Å²) in [7, 11) is -2.26. The number of rotatable bonds is 7. The average Bonchev–Trinajstić information content (AvgIpc) is 3.01. The number of amides is 1. The van der Waals surface area contributed by atoms with Crippen molar-refractivity contribution in [2.24, 2.45) is 0 Å². The molecule has 0 fully saturated rings. The quantitative estimate of drug-likeness (QED) is 0.709. The minimum atomic E-state index is -3.85. The van der Waals surface area contributed by atoms with E-state index in [0.29, 0.717) is 6.42 Å². The highest BCUT2D eigenvalue weighted by atomic mass is 32.2. The predicted molar refractivity (Wildman–Crippen MR) is 95.3 cm³/mol. The van der Waals surface area contributed by atoms with Crippen LogP contribution < -0.4 is 14.8 Å². The zero-order valence-corrected chi connectivity index (χ0v) is 16.0. The van der Waals surface area contributed by atoms with Gasteiger partial charge in [-0.3, -0.25) is 4.79 Å². The third kappa shape index (κ3) is 4.74. The van der Waals surface area contributed by atoms with E-state index in [2.05, 4.69) is 20.2 Å². The minimum absolute atomic E-state index is 0.140. The molecule has 0 aliphatic rings. The predicted octanol–water partition coefficient (Wildman–Crippen LogP) is 2.24. The van der Waals surface area contributed by atoms with Gasteiger partial charge in [0.05, 0.1) is 7.11 Å². The van der Waals surface area contributed by atoms with E-state index in [0.717, 1.165) is 28.2 Å². The number of sulfonamides is 1. The lowest BCUT2D eigenvalue weighted by molar-refractivity contribution is -0.114. The number of nitrogens with zero attached hydrogens (tertiary/aromatic N) is 2. The Kier molecular flexibility index (Phi) is 6.09. The van der Waals surface area contributed by atoms with E-state index in [9.17, 15) is 13.2 Å². The number of benzene rings is 1. The molecule has 1 atom stereocenters. The zero-order chi connectivity index (χ0) is 18.6. The number of carbonyl (C=O) groups is 1. The van der Waals surface area contributed by atoms with Crippen LogP contribution in [0.3, 0.4) is 0 Å². The van der Waals surface area contributed by atoms with Crippen LogP contribution in [0, 0.1) is 6.92 Å². The van der Waals surface area contributed by atoms with Gasteiger partial charge in [0.1, 0.15) is 5.75 Å². The molecule has 1 aromatic heterocycles. The third-order valence-electron chi connectivity index (χ3n) is 3.45. The van der Waals surface area contributed by atoms with Crippen molar-refractivity contribution >= 4 is 32.4 Å². The molecule has 0 saturated heterocycles. The Hall–Kier alpha value is -2.04. The number of ether oxygens (including phenoxy) is 1. The first-order chi connectivity index (χ1) is 11.8. The number of aromatic nitrogens is 2. The second kappa shape index (κ2) is 7.89. The Morgan fingerprint density at radius 2 is 2.08 bits per heavy atom. The molecule has 2 aromatic rings. The molecule has 0 aliphatic carbocycles. The fraction of sp³-hybridized carbons (Fsp3) is 0.400. The van der Waals surface area contributed by atoms with E-state index >= 15 is 0 Å². The Morgan fingerprint density at radius 1 is 1.36 bits per heavy atom. The average molecular weight is 384 g/mol. The Balaban J connectivity index is 2.23. The lowest BCUT2D eigenvalue weighted by Gasteiger charge is -2.17. The summed E-state index contributed by atoms with van der Waals surface area (Å²) in [5.74, 6) is 0.402. The molecule has 0 radical (unpaired) electrons. The Labute approximate surface area is 150 Å². The van der Waals surface area contributed by atoms with Gasteiger partial charge in [0.15, 0.2) is 0 Å². The molecular weight excluding hydrogens is 364 g/mol. The molecule has 0 aliphatic heterocycles. The van der Waals surface area contributed by atoms with Gasteiger partial charge in [0.25, 0.3) is 10.0 Å². The standard InChI is InChI=1S/C15H20N4O4S2/c1-5-12(11-6-7-13(23-4)9(2)8-11)19-25(21,22)15-18-17-14(24-15)16-10(3)20/h6-8,12,19H,5H2,1-4H3,(H,16,17,20). The van der Waals surface area contributed by atoms with Crippen LogP contribution in [0.25, 0.3) is 0 Å². The van der Waals surface area contributed by atoms with Gasteiger partial charge in [-0.05, 0) is 30.5 Å². The smallest absolute Gasteiger partial charge is 0.270 e. The van der Waals surface area contributed by atoms with Crippen LogP contribution in [-0.2, 0) is 14.8 Å². The summed E-state index contributed by atoms with van der Waals surface area (Å²) in [6, 6.07) is 5.10. The van der Waals surface area contributed by atoms with Crippen molar-refractivity contribution in [2.75, 3.05) is 12.4 Å². The Bertz CT molecular complexity index is 864. The minimum Gasteiger partial charge on any atom is -0.496 e. The summed E-state index contributed by atoms with van der Waals surface area (Å²) in [5.41, 5.74) is 1.75. The molecule has 2 N–H and O–H groups in total. The van der Waals surface area contributed by atoms with Crippen LogP contribution in [0.15, 0.2) is 22.5 Å². The van der Waals surface area contributed by atoms with Crippen LogP contribution in [0.5, 0.6) is 5.75 Å². The number of anilines is 1. The summed E-state index contributed by atoms with van der Waals surface area (Å²) in [4.78, 5) is 11.0. The summed E-state index contributed by atoms with van der Waals surface area (Å²) < 4.78 is 32.8. The lowest BCUT2D eigenvalue weighted by atomic mass is 10.0. The van der Waals surface area contributed by atoms with Gasteiger partial charge in [0, 0.05) is 13.0 Å². The van der Waals surface area contributed by atoms with Crippen molar-refractivity contribution in [1.29, 1.82) is 0 Å². The van der Waals surface area contributed by atoms with Crippen molar-refractivity contribution in [3.05, 3.63) is 29.3 Å². The molecule has 25 heavy (non-hydrogen) atoms. The Morgan fingerprint density at radius 3 is 2.64 bits per heavy atom. The third-order valence-corrected chi connectivity index (χ3v) is 6.12. The van der Waals surface area contributed by atoms with Gasteiger partial charge in [-0.2, -0.15) is 0 Å². The maximum atomic E-state index is 12.5. The second-order valence-electron chi connectivity index (χ2n) is 5.37. The fourth-order valence-corrected chi connectivity index (χ4v) is 4.53. The van der Waals surface area contributed by atoms with Crippen molar-refractivity contribution < 1.29 is 17.9 Å². The maximum Gasteiger partial charge on any atom is 0.270 e. The molecule has 2 rings (SSSR count). The van der Waals surface area contributed by atoms with Crippen molar-refractivity contribution in [3.8, 4) is 5.75 Å². The number of hydrogen-bond acceptors (Lipinski definition) is 7. The molecule has 0 saturated carbocycles. The summed E-state index contributed by atoms with van der Waals surface area (Å²) in [5, 5.41) is 9.87. The number of hydrogen-bond donors (Lipinski definition) is 2. The van der Waals surface area contributed by atoms with E-state index in [1.54, 1.807) is 7.11 Å². The molecule has 1 amide bonds. The topological polar surface area (TPSA) is 110 Å². The highest BCUT2D eigenvalue weighted by Gasteiger charge is 2.25. The van der Waals surface area contributed by atoms with Gasteiger partial charge in [0.2, 0.25) is 15.4 Å². The van der Waals surface area contributed by atoms with Gasteiger partial charge < -0.3 is 10.1 Å². The number of aryl methyl sites for hydroxylation is 1. The van der Waals surface area contributed by atoms with Gasteiger partial charge in [-0.1, -0.05) is 30.4 Å². The molecule has 0 bridgehead atoms. The van der Waals surface area contributed by atoms with Gasteiger partial charge in [-0.25, -0.2) is 13.1 Å². The molecule has 1 aromatic carbocycles. The van der Waals surface area contributed by atoms with Crippen LogP contribution in [0.1, 0.15) is 37.4 Å². The van der Waals surface area contributed by atoms with E-state index in [4.69, 9.17) is 4.74 Å². The van der Waals surface area contributed by atoms with Gasteiger partial charge >= 0.3 is 0 Å². The van der Waals surface area contributed by atoms with E-state index < -0.39 is 16.1 Å². The van der Waals surface area contributed by atoms with E-state index in [1.807, 2.05) is 32.0 Å². The normalized spacial score (nSPS) is 12.6. The molecule has 136 valence electrons. The highest BCUT2D eigenvalue weighted by molar-refractivity contribution is 7.91.